The molecule has 0 atom stereocenters. The predicted molar refractivity (Wildman–Crippen MR) is 76.8 cm³/mol. The number of benzene rings is 2. The van der Waals surface area contributed by atoms with Gasteiger partial charge in [-0.3, -0.25) is 0 Å². The summed E-state index contributed by atoms with van der Waals surface area (Å²) in [6.45, 7) is 2.05. The van der Waals surface area contributed by atoms with E-state index in [0.29, 0.717) is 0 Å². The average molecular weight is 269 g/mol. The van der Waals surface area contributed by atoms with Gasteiger partial charge in [0.25, 0.3) is 0 Å². The number of nitrogens with zero attached hydrogens (tertiary/aromatic N) is 1. The molecule has 3 rings (SSSR count). The zero-order valence-corrected chi connectivity index (χ0v) is 11.1. The molecule has 0 aliphatic heterocycles. The fourth-order valence-corrected chi connectivity index (χ4v) is 3.00. The summed E-state index contributed by atoms with van der Waals surface area (Å²) in [7, 11) is 0. The van der Waals surface area contributed by atoms with Crippen LogP contribution in [0.2, 0.25) is 0 Å². The molecule has 94 valence electrons. The minimum atomic E-state index is -0.918. The largest absolute Gasteiger partial charge is 0.478 e. The number of aromatic carboxylic acids is 1. The molecule has 1 aromatic heterocycles. The van der Waals surface area contributed by atoms with E-state index in [1.54, 1.807) is 29.5 Å². The number of carbonyl (C=O) groups is 1. The number of hydrogen-bond acceptors (Lipinski definition) is 3. The van der Waals surface area contributed by atoms with Crippen molar-refractivity contribution in [3.8, 4) is 10.6 Å². The zero-order valence-electron chi connectivity index (χ0n) is 10.3. The molecule has 4 heteroatoms. The molecule has 0 saturated heterocycles. The second kappa shape index (κ2) is 4.48. The number of hydrogen-bond donors (Lipinski definition) is 1. The highest BCUT2D eigenvalue weighted by atomic mass is 32.1. The molecule has 1 heterocycles. The molecule has 0 bridgehead atoms. The van der Waals surface area contributed by atoms with Crippen molar-refractivity contribution in [2.75, 3.05) is 0 Å². The predicted octanol–water partition coefficient (Wildman–Crippen LogP) is 3.97. The van der Waals surface area contributed by atoms with Gasteiger partial charge in [-0.1, -0.05) is 18.2 Å². The highest BCUT2D eigenvalue weighted by molar-refractivity contribution is 7.21. The van der Waals surface area contributed by atoms with Crippen LogP contribution in [0.15, 0.2) is 42.5 Å². The van der Waals surface area contributed by atoms with Crippen LogP contribution in [0, 0.1) is 6.92 Å². The standard InChI is InChI=1S/C15H11NO2S/c1-9-5-6-12-13(7-9)19-14(16-12)10-3-2-4-11(8-10)15(17)18/h2-8H,1H3,(H,17,18). The molecule has 0 aliphatic rings. The lowest BCUT2D eigenvalue weighted by Gasteiger charge is -1.97. The Morgan fingerprint density at radius 3 is 2.84 bits per heavy atom. The third-order valence-corrected chi connectivity index (χ3v) is 3.97. The second-order valence-corrected chi connectivity index (χ2v) is 5.41. The summed E-state index contributed by atoms with van der Waals surface area (Å²) < 4.78 is 1.12. The number of rotatable bonds is 2. The van der Waals surface area contributed by atoms with Crippen LogP contribution in [0.5, 0.6) is 0 Å². The van der Waals surface area contributed by atoms with E-state index in [9.17, 15) is 4.79 Å². The summed E-state index contributed by atoms with van der Waals surface area (Å²) in [6.07, 6.45) is 0. The molecule has 19 heavy (non-hydrogen) atoms. The van der Waals surface area contributed by atoms with Crippen molar-refractivity contribution in [1.29, 1.82) is 0 Å². The van der Waals surface area contributed by atoms with Gasteiger partial charge in [0.15, 0.2) is 0 Å². The normalized spacial score (nSPS) is 10.8. The number of thiazole rings is 1. The first kappa shape index (κ1) is 11.9. The minimum Gasteiger partial charge on any atom is -0.478 e. The topological polar surface area (TPSA) is 50.2 Å². The lowest BCUT2D eigenvalue weighted by Crippen LogP contribution is -1.95. The molecule has 0 fully saturated rings. The van der Waals surface area contributed by atoms with Crippen molar-refractivity contribution >= 4 is 27.5 Å². The molecule has 2 aromatic carbocycles. The second-order valence-electron chi connectivity index (χ2n) is 4.38. The van der Waals surface area contributed by atoms with E-state index in [2.05, 4.69) is 11.1 Å². The Balaban J connectivity index is 2.13. The van der Waals surface area contributed by atoms with Crippen LogP contribution in [0.4, 0.5) is 0 Å². The zero-order chi connectivity index (χ0) is 13.4. The highest BCUT2D eigenvalue weighted by Crippen LogP contribution is 2.31. The van der Waals surface area contributed by atoms with Gasteiger partial charge in [0.2, 0.25) is 0 Å². The summed E-state index contributed by atoms with van der Waals surface area (Å²) in [5, 5.41) is 9.87. The molecule has 0 unspecified atom stereocenters. The quantitative estimate of drug-likeness (QED) is 0.765. The monoisotopic (exact) mass is 269 g/mol. The van der Waals surface area contributed by atoms with Gasteiger partial charge in [-0.2, -0.15) is 0 Å². The van der Waals surface area contributed by atoms with Gasteiger partial charge in [0.1, 0.15) is 5.01 Å². The first-order valence-corrected chi connectivity index (χ1v) is 6.66. The first-order chi connectivity index (χ1) is 9.13. The van der Waals surface area contributed by atoms with E-state index in [1.807, 2.05) is 25.1 Å². The van der Waals surface area contributed by atoms with Gasteiger partial charge in [-0.25, -0.2) is 9.78 Å². The molecule has 0 saturated carbocycles. The van der Waals surface area contributed by atoms with Crippen LogP contribution in [-0.2, 0) is 0 Å². The van der Waals surface area contributed by atoms with E-state index in [4.69, 9.17) is 5.11 Å². The molecule has 0 radical (unpaired) electrons. The summed E-state index contributed by atoms with van der Waals surface area (Å²) in [5.41, 5.74) is 3.28. The van der Waals surface area contributed by atoms with Gasteiger partial charge in [-0.15, -0.1) is 11.3 Å². The number of fused-ring (bicyclic) bond motifs is 1. The van der Waals surface area contributed by atoms with Crippen molar-refractivity contribution < 1.29 is 9.90 Å². The third-order valence-electron chi connectivity index (χ3n) is 2.90. The van der Waals surface area contributed by atoms with E-state index in [0.717, 1.165) is 20.8 Å². The Hall–Kier alpha value is -2.20. The summed E-state index contributed by atoms with van der Waals surface area (Å²) >= 11 is 1.58. The molecule has 3 nitrogen and oxygen atoms in total. The maximum absolute atomic E-state index is 11.0. The molecular weight excluding hydrogens is 258 g/mol. The van der Waals surface area contributed by atoms with Gasteiger partial charge in [-0.05, 0) is 36.8 Å². The van der Waals surface area contributed by atoms with Gasteiger partial charge >= 0.3 is 5.97 Å². The van der Waals surface area contributed by atoms with Crippen LogP contribution in [0.3, 0.4) is 0 Å². The number of carboxylic acid groups (broad SMARTS) is 1. The fourth-order valence-electron chi connectivity index (χ4n) is 1.94. The molecule has 0 spiro atoms. The van der Waals surface area contributed by atoms with E-state index < -0.39 is 5.97 Å². The van der Waals surface area contributed by atoms with E-state index in [1.165, 1.54) is 5.56 Å². The minimum absolute atomic E-state index is 0.285. The number of carboxylic acids is 1. The van der Waals surface area contributed by atoms with Crippen molar-refractivity contribution in [2.45, 2.75) is 6.92 Å². The maximum Gasteiger partial charge on any atom is 0.335 e. The SMILES string of the molecule is Cc1ccc2nc(-c3cccc(C(=O)O)c3)sc2c1. The van der Waals surface area contributed by atoms with Crippen molar-refractivity contribution in [3.05, 3.63) is 53.6 Å². The van der Waals surface area contributed by atoms with Gasteiger partial charge in [0, 0.05) is 5.56 Å². The lowest BCUT2D eigenvalue weighted by atomic mass is 10.1. The summed E-state index contributed by atoms with van der Waals surface area (Å²) in [4.78, 5) is 15.5. The summed E-state index contributed by atoms with van der Waals surface area (Å²) in [6, 6.07) is 13.0. The molecule has 1 N–H and O–H groups in total. The Kier molecular flexibility index (Phi) is 2.80. The van der Waals surface area contributed by atoms with Crippen LogP contribution in [-0.4, -0.2) is 16.1 Å². The summed E-state index contributed by atoms with van der Waals surface area (Å²) in [5.74, 6) is -0.918. The lowest BCUT2D eigenvalue weighted by molar-refractivity contribution is 0.0697. The Labute approximate surface area is 114 Å². The van der Waals surface area contributed by atoms with Gasteiger partial charge in [0.05, 0.1) is 15.8 Å². The fraction of sp³-hybridized carbons (Fsp3) is 0.0667. The van der Waals surface area contributed by atoms with E-state index >= 15 is 0 Å². The van der Waals surface area contributed by atoms with Crippen molar-refractivity contribution in [2.24, 2.45) is 0 Å². The molecule has 0 amide bonds. The van der Waals surface area contributed by atoms with Crippen LogP contribution in [0.25, 0.3) is 20.8 Å². The molecule has 3 aromatic rings. The van der Waals surface area contributed by atoms with Crippen LogP contribution >= 0.6 is 11.3 Å². The maximum atomic E-state index is 11.0. The van der Waals surface area contributed by atoms with E-state index in [-0.39, 0.29) is 5.56 Å². The highest BCUT2D eigenvalue weighted by Gasteiger charge is 2.09. The Bertz CT molecular complexity index is 777. The number of aryl methyl sites for hydroxylation is 1. The smallest absolute Gasteiger partial charge is 0.335 e. The molecular formula is C15H11NO2S. The van der Waals surface area contributed by atoms with Crippen molar-refractivity contribution in [1.82, 2.24) is 4.98 Å². The first-order valence-electron chi connectivity index (χ1n) is 5.84. The van der Waals surface area contributed by atoms with Crippen LogP contribution in [0.1, 0.15) is 15.9 Å². The van der Waals surface area contributed by atoms with Gasteiger partial charge < -0.3 is 5.11 Å². The third kappa shape index (κ3) is 2.22. The number of aromatic nitrogens is 1. The van der Waals surface area contributed by atoms with Crippen molar-refractivity contribution in [3.63, 3.8) is 0 Å². The van der Waals surface area contributed by atoms with Crippen LogP contribution < -0.4 is 0 Å². The molecule has 0 aliphatic carbocycles. The Morgan fingerprint density at radius 2 is 2.05 bits per heavy atom. The Morgan fingerprint density at radius 1 is 1.21 bits per heavy atom. The average Bonchev–Trinajstić information content (AvgIpc) is 2.81.